The molecule has 0 saturated carbocycles. The molecule has 0 spiro atoms. The molecule has 0 bridgehead atoms. The molecule has 0 aliphatic heterocycles. The number of methoxy groups -OCH3 is 2. The molecule has 0 fully saturated rings. The summed E-state index contributed by atoms with van der Waals surface area (Å²) in [6.45, 7) is -0.00526. The van der Waals surface area contributed by atoms with E-state index in [1.54, 1.807) is 17.6 Å². The molecule has 0 aliphatic carbocycles. The summed E-state index contributed by atoms with van der Waals surface area (Å²) in [5, 5.41) is 8.41. The van der Waals surface area contributed by atoms with E-state index in [4.69, 9.17) is 4.74 Å². The first kappa shape index (κ1) is 14.1. The predicted octanol–water partition coefficient (Wildman–Crippen LogP) is 1.38. The van der Waals surface area contributed by atoms with Gasteiger partial charge in [0.15, 0.2) is 0 Å². The Labute approximate surface area is 119 Å². The molecule has 20 heavy (non-hydrogen) atoms. The second kappa shape index (κ2) is 6.20. The van der Waals surface area contributed by atoms with Crippen LogP contribution in [0.5, 0.6) is 5.75 Å². The number of nitrogens with one attached hydrogen (secondary N) is 1. The summed E-state index contributed by atoms with van der Waals surface area (Å²) in [5.74, 6) is -0.171. The van der Waals surface area contributed by atoms with Gasteiger partial charge in [-0.2, -0.15) is 5.10 Å². The number of esters is 1. The van der Waals surface area contributed by atoms with Crippen LogP contribution in [0.1, 0.15) is 9.67 Å². The minimum Gasteiger partial charge on any atom is -0.495 e. The van der Waals surface area contributed by atoms with E-state index in [0.29, 0.717) is 16.3 Å². The molecule has 0 unspecified atom stereocenters. The molecule has 8 heteroatoms. The lowest BCUT2D eigenvalue weighted by atomic mass is 10.4. The van der Waals surface area contributed by atoms with Crippen molar-refractivity contribution >= 4 is 28.9 Å². The molecule has 2 aromatic rings. The Morgan fingerprint density at radius 1 is 1.45 bits per heavy atom. The van der Waals surface area contributed by atoms with Gasteiger partial charge in [0.05, 0.1) is 26.1 Å². The van der Waals surface area contributed by atoms with Gasteiger partial charge in [-0.1, -0.05) is 0 Å². The van der Waals surface area contributed by atoms with Crippen LogP contribution >= 0.6 is 11.3 Å². The molecule has 0 aromatic carbocycles. The van der Waals surface area contributed by atoms with E-state index in [1.165, 1.54) is 36.4 Å². The smallest absolute Gasteiger partial charge is 0.327 e. The predicted molar refractivity (Wildman–Crippen MR) is 73.1 cm³/mol. The van der Waals surface area contributed by atoms with Crippen LogP contribution < -0.4 is 10.1 Å². The average Bonchev–Trinajstić information content (AvgIpc) is 3.07. The Hall–Kier alpha value is -2.35. The van der Waals surface area contributed by atoms with Gasteiger partial charge in [0.1, 0.15) is 17.2 Å². The number of nitrogens with zero attached hydrogens (tertiary/aromatic N) is 2. The van der Waals surface area contributed by atoms with Crippen molar-refractivity contribution < 1.29 is 19.1 Å². The van der Waals surface area contributed by atoms with Crippen LogP contribution in [0, 0.1) is 0 Å². The number of carbonyl (C=O) groups excluding carboxylic acids is 2. The van der Waals surface area contributed by atoms with E-state index < -0.39 is 5.97 Å². The second-order valence-electron chi connectivity index (χ2n) is 3.77. The third-order valence-corrected chi connectivity index (χ3v) is 3.36. The van der Waals surface area contributed by atoms with Crippen LogP contribution in [0.2, 0.25) is 0 Å². The lowest BCUT2D eigenvalue weighted by Gasteiger charge is -2.02. The SMILES string of the molecule is COC(=O)Cn1cc(NC(=O)c2sccc2OC)cn1. The standard InChI is InChI=1S/C12H13N3O4S/c1-18-9-3-4-20-11(9)12(17)14-8-5-13-15(6-8)7-10(16)19-2/h3-6H,7H2,1-2H3,(H,14,17). The van der Waals surface area contributed by atoms with Crippen molar-refractivity contribution in [2.45, 2.75) is 6.54 Å². The Kier molecular flexibility index (Phi) is 4.36. The summed E-state index contributed by atoms with van der Waals surface area (Å²) < 4.78 is 11.0. The van der Waals surface area contributed by atoms with E-state index in [2.05, 4.69) is 15.2 Å². The Morgan fingerprint density at radius 3 is 2.95 bits per heavy atom. The van der Waals surface area contributed by atoms with Crippen molar-refractivity contribution in [1.82, 2.24) is 9.78 Å². The van der Waals surface area contributed by atoms with Crippen molar-refractivity contribution in [1.29, 1.82) is 0 Å². The number of hydrogen-bond acceptors (Lipinski definition) is 6. The topological polar surface area (TPSA) is 82.5 Å². The van der Waals surface area contributed by atoms with Gasteiger partial charge in [0.25, 0.3) is 5.91 Å². The summed E-state index contributed by atoms with van der Waals surface area (Å²) in [6, 6.07) is 1.72. The lowest BCUT2D eigenvalue weighted by Crippen LogP contribution is -2.12. The zero-order valence-electron chi connectivity index (χ0n) is 11.0. The molecule has 0 radical (unpaired) electrons. The highest BCUT2D eigenvalue weighted by Gasteiger charge is 2.15. The number of rotatable bonds is 5. The van der Waals surface area contributed by atoms with E-state index >= 15 is 0 Å². The normalized spacial score (nSPS) is 10.1. The fourth-order valence-corrected chi connectivity index (χ4v) is 2.28. The van der Waals surface area contributed by atoms with Crippen LogP contribution in [0.4, 0.5) is 5.69 Å². The zero-order chi connectivity index (χ0) is 14.5. The molecular weight excluding hydrogens is 282 g/mol. The quantitative estimate of drug-likeness (QED) is 0.843. The first-order chi connectivity index (χ1) is 9.63. The summed E-state index contributed by atoms with van der Waals surface area (Å²) in [6.07, 6.45) is 3.01. The maximum Gasteiger partial charge on any atom is 0.327 e. The summed E-state index contributed by atoms with van der Waals surface area (Å²) in [7, 11) is 2.81. The van der Waals surface area contributed by atoms with Gasteiger partial charge in [-0.3, -0.25) is 14.3 Å². The highest BCUT2D eigenvalue weighted by atomic mass is 32.1. The summed E-state index contributed by atoms with van der Waals surface area (Å²) in [4.78, 5) is 23.6. The minimum atomic E-state index is -0.411. The minimum absolute atomic E-state index is 0.00526. The molecule has 2 heterocycles. The van der Waals surface area contributed by atoms with Crippen LogP contribution in [0.25, 0.3) is 0 Å². The third-order valence-electron chi connectivity index (χ3n) is 2.47. The van der Waals surface area contributed by atoms with Gasteiger partial charge in [-0.15, -0.1) is 11.3 Å². The van der Waals surface area contributed by atoms with E-state index in [0.717, 1.165) is 0 Å². The van der Waals surface area contributed by atoms with Gasteiger partial charge < -0.3 is 14.8 Å². The van der Waals surface area contributed by atoms with Gasteiger partial charge in [0.2, 0.25) is 0 Å². The van der Waals surface area contributed by atoms with Gasteiger partial charge in [-0.25, -0.2) is 0 Å². The molecule has 0 aliphatic rings. The zero-order valence-corrected chi connectivity index (χ0v) is 11.8. The van der Waals surface area contributed by atoms with Crippen molar-refractivity contribution in [3.63, 3.8) is 0 Å². The first-order valence-corrected chi connectivity index (χ1v) is 6.54. The number of ether oxygens (including phenoxy) is 2. The van der Waals surface area contributed by atoms with Crippen LogP contribution in [0.15, 0.2) is 23.8 Å². The number of anilines is 1. The number of carbonyl (C=O) groups is 2. The fourth-order valence-electron chi connectivity index (χ4n) is 1.52. The summed E-state index contributed by atoms with van der Waals surface area (Å²) in [5.41, 5.74) is 0.495. The number of aromatic nitrogens is 2. The molecule has 2 rings (SSSR count). The average molecular weight is 295 g/mol. The number of thiophene rings is 1. The lowest BCUT2D eigenvalue weighted by molar-refractivity contribution is -0.141. The number of amides is 1. The van der Waals surface area contributed by atoms with E-state index in [1.807, 2.05) is 0 Å². The number of hydrogen-bond donors (Lipinski definition) is 1. The molecule has 0 saturated heterocycles. The largest absolute Gasteiger partial charge is 0.495 e. The van der Waals surface area contributed by atoms with Crippen molar-refractivity contribution in [3.8, 4) is 5.75 Å². The molecule has 2 aromatic heterocycles. The molecule has 1 N–H and O–H groups in total. The van der Waals surface area contributed by atoms with Gasteiger partial charge in [0, 0.05) is 6.20 Å². The molecule has 106 valence electrons. The highest BCUT2D eigenvalue weighted by molar-refractivity contribution is 7.12. The van der Waals surface area contributed by atoms with Crippen molar-refractivity contribution in [3.05, 3.63) is 28.7 Å². The Bertz CT molecular complexity index is 620. The van der Waals surface area contributed by atoms with Crippen LogP contribution in [-0.2, 0) is 16.1 Å². The van der Waals surface area contributed by atoms with E-state index in [9.17, 15) is 9.59 Å². The monoisotopic (exact) mass is 295 g/mol. The Balaban J connectivity index is 2.03. The molecular formula is C12H13N3O4S. The molecule has 7 nitrogen and oxygen atoms in total. The maximum atomic E-state index is 12.0. The van der Waals surface area contributed by atoms with Crippen LogP contribution in [0.3, 0.4) is 0 Å². The Morgan fingerprint density at radius 2 is 2.25 bits per heavy atom. The van der Waals surface area contributed by atoms with Crippen molar-refractivity contribution in [2.75, 3.05) is 19.5 Å². The van der Waals surface area contributed by atoms with E-state index in [-0.39, 0.29) is 12.5 Å². The van der Waals surface area contributed by atoms with Crippen LogP contribution in [-0.4, -0.2) is 35.9 Å². The first-order valence-electron chi connectivity index (χ1n) is 5.66. The maximum absolute atomic E-state index is 12.0. The van der Waals surface area contributed by atoms with Gasteiger partial charge in [-0.05, 0) is 11.4 Å². The third kappa shape index (κ3) is 3.15. The molecule has 0 atom stereocenters. The molecule has 1 amide bonds. The summed E-state index contributed by atoms with van der Waals surface area (Å²) >= 11 is 1.28. The van der Waals surface area contributed by atoms with Gasteiger partial charge >= 0.3 is 5.97 Å². The fraction of sp³-hybridized carbons (Fsp3) is 0.250. The highest BCUT2D eigenvalue weighted by Crippen LogP contribution is 2.25. The van der Waals surface area contributed by atoms with Crippen molar-refractivity contribution in [2.24, 2.45) is 0 Å². The second-order valence-corrected chi connectivity index (χ2v) is 4.69.